The molecule has 108 valence electrons. The minimum absolute atomic E-state index is 0.113. The number of aromatic nitrogens is 1. The molecule has 2 aliphatic heterocycles. The van der Waals surface area contributed by atoms with Gasteiger partial charge in [0.05, 0.1) is 5.56 Å². The highest BCUT2D eigenvalue weighted by molar-refractivity contribution is 5.94. The molecule has 2 N–H and O–H groups in total. The fourth-order valence-corrected chi connectivity index (χ4v) is 2.93. The Morgan fingerprint density at radius 2 is 1.85 bits per heavy atom. The molecule has 0 atom stereocenters. The molecular formula is C15H22N4O. The van der Waals surface area contributed by atoms with Crippen LogP contribution in [0.3, 0.4) is 0 Å². The van der Waals surface area contributed by atoms with Crippen molar-refractivity contribution in [3.63, 3.8) is 0 Å². The predicted octanol–water partition coefficient (Wildman–Crippen LogP) is 1.25. The quantitative estimate of drug-likeness (QED) is 0.881. The largest absolute Gasteiger partial charge is 0.357 e. The lowest BCUT2D eigenvalue weighted by Crippen LogP contribution is -2.40. The highest BCUT2D eigenvalue weighted by Gasteiger charge is 2.21. The van der Waals surface area contributed by atoms with Crippen LogP contribution in [0.5, 0.6) is 0 Å². The van der Waals surface area contributed by atoms with Crippen LogP contribution < -0.4 is 10.6 Å². The van der Waals surface area contributed by atoms with E-state index in [1.807, 2.05) is 17.0 Å². The molecule has 0 bridgehead atoms. The number of likely N-dealkylation sites (tertiary alicyclic amines) is 1. The molecule has 5 nitrogen and oxygen atoms in total. The second-order valence-electron chi connectivity index (χ2n) is 5.73. The topological polar surface area (TPSA) is 62.5 Å². The third-order valence-corrected chi connectivity index (χ3v) is 4.25. The lowest BCUT2D eigenvalue weighted by Gasteiger charge is -2.31. The Morgan fingerprint density at radius 3 is 2.45 bits per heavy atom. The van der Waals surface area contributed by atoms with Crippen LogP contribution in [0.25, 0.3) is 0 Å². The van der Waals surface area contributed by atoms with Crippen LogP contribution in [0, 0.1) is 0 Å². The second-order valence-corrected chi connectivity index (χ2v) is 5.73. The van der Waals surface area contributed by atoms with Crippen LogP contribution in [0.4, 0.5) is 5.82 Å². The van der Waals surface area contributed by atoms with Gasteiger partial charge in [-0.25, -0.2) is 4.98 Å². The van der Waals surface area contributed by atoms with E-state index in [2.05, 4.69) is 9.88 Å². The minimum Gasteiger partial charge on any atom is -0.357 e. The zero-order chi connectivity index (χ0) is 13.9. The van der Waals surface area contributed by atoms with Crippen LogP contribution in [0.2, 0.25) is 0 Å². The molecule has 0 aliphatic carbocycles. The summed E-state index contributed by atoms with van der Waals surface area (Å²) in [5.41, 5.74) is 6.61. The molecule has 2 saturated heterocycles. The molecule has 2 fully saturated rings. The Balaban J connectivity index is 1.66. The summed E-state index contributed by atoms with van der Waals surface area (Å²) >= 11 is 0. The Bertz CT molecular complexity index is 459. The van der Waals surface area contributed by atoms with Crippen molar-refractivity contribution in [2.24, 2.45) is 5.73 Å². The first-order chi connectivity index (χ1) is 9.74. The van der Waals surface area contributed by atoms with Crippen molar-refractivity contribution in [2.45, 2.75) is 31.7 Å². The number of carbonyl (C=O) groups excluding carboxylic acids is 1. The summed E-state index contributed by atoms with van der Waals surface area (Å²) < 4.78 is 0. The van der Waals surface area contributed by atoms with Gasteiger partial charge >= 0.3 is 0 Å². The average molecular weight is 274 g/mol. The summed E-state index contributed by atoms with van der Waals surface area (Å²) in [6, 6.07) is 4.18. The predicted molar refractivity (Wildman–Crippen MR) is 78.8 cm³/mol. The SMILES string of the molecule is NC1CCN(c2ccc(C(=O)N3CCCC3)cn2)CC1. The van der Waals surface area contributed by atoms with Crippen molar-refractivity contribution in [1.82, 2.24) is 9.88 Å². The zero-order valence-corrected chi connectivity index (χ0v) is 11.8. The number of amides is 1. The summed E-state index contributed by atoms with van der Waals surface area (Å²) in [6.45, 7) is 3.66. The van der Waals surface area contributed by atoms with E-state index in [0.717, 1.165) is 57.7 Å². The molecule has 2 aliphatic rings. The third-order valence-electron chi connectivity index (χ3n) is 4.25. The van der Waals surface area contributed by atoms with Gasteiger partial charge in [0.25, 0.3) is 5.91 Å². The first-order valence-electron chi connectivity index (χ1n) is 7.50. The van der Waals surface area contributed by atoms with E-state index >= 15 is 0 Å². The third kappa shape index (κ3) is 2.77. The number of hydrogen-bond acceptors (Lipinski definition) is 4. The summed E-state index contributed by atoms with van der Waals surface area (Å²) in [5, 5.41) is 0. The maximum Gasteiger partial charge on any atom is 0.255 e. The minimum atomic E-state index is 0.113. The molecule has 3 rings (SSSR count). The number of nitrogens with zero attached hydrogens (tertiary/aromatic N) is 3. The van der Waals surface area contributed by atoms with E-state index in [1.165, 1.54) is 0 Å². The average Bonchev–Trinajstić information content (AvgIpc) is 3.02. The lowest BCUT2D eigenvalue weighted by atomic mass is 10.1. The van der Waals surface area contributed by atoms with Gasteiger partial charge in [0.1, 0.15) is 5.82 Å². The highest BCUT2D eigenvalue weighted by atomic mass is 16.2. The van der Waals surface area contributed by atoms with Gasteiger partial charge in [0, 0.05) is 38.4 Å². The smallest absolute Gasteiger partial charge is 0.255 e. The number of nitrogens with two attached hydrogens (primary N) is 1. The van der Waals surface area contributed by atoms with Crippen molar-refractivity contribution < 1.29 is 4.79 Å². The van der Waals surface area contributed by atoms with Crippen molar-refractivity contribution >= 4 is 11.7 Å². The van der Waals surface area contributed by atoms with Gasteiger partial charge in [-0.15, -0.1) is 0 Å². The number of pyridine rings is 1. The molecule has 1 aromatic rings. The van der Waals surface area contributed by atoms with Crippen LogP contribution in [0.1, 0.15) is 36.0 Å². The fourth-order valence-electron chi connectivity index (χ4n) is 2.93. The first kappa shape index (κ1) is 13.4. The van der Waals surface area contributed by atoms with Crippen molar-refractivity contribution in [3.8, 4) is 0 Å². The molecule has 0 unspecified atom stereocenters. The van der Waals surface area contributed by atoms with Crippen LogP contribution in [0.15, 0.2) is 18.3 Å². The summed E-state index contributed by atoms with van der Waals surface area (Å²) in [5.74, 6) is 1.07. The molecule has 0 radical (unpaired) electrons. The number of carbonyl (C=O) groups is 1. The molecule has 1 aromatic heterocycles. The summed E-state index contributed by atoms with van der Waals surface area (Å²) in [4.78, 5) is 20.8. The van der Waals surface area contributed by atoms with Crippen LogP contribution in [-0.2, 0) is 0 Å². The van der Waals surface area contributed by atoms with Crippen LogP contribution >= 0.6 is 0 Å². The number of piperidine rings is 1. The van der Waals surface area contributed by atoms with E-state index in [1.54, 1.807) is 6.20 Å². The van der Waals surface area contributed by atoms with Gasteiger partial charge in [-0.2, -0.15) is 0 Å². The van der Waals surface area contributed by atoms with Crippen molar-refractivity contribution in [1.29, 1.82) is 0 Å². The molecule has 3 heterocycles. The highest BCUT2D eigenvalue weighted by Crippen LogP contribution is 2.18. The Kier molecular flexibility index (Phi) is 3.87. The number of anilines is 1. The van der Waals surface area contributed by atoms with Gasteiger partial charge < -0.3 is 15.5 Å². The van der Waals surface area contributed by atoms with Crippen LogP contribution in [-0.4, -0.2) is 48.0 Å². The maximum absolute atomic E-state index is 12.2. The Morgan fingerprint density at radius 1 is 1.15 bits per heavy atom. The summed E-state index contributed by atoms with van der Waals surface area (Å²) in [7, 11) is 0. The van der Waals surface area contributed by atoms with E-state index in [4.69, 9.17) is 5.73 Å². The van der Waals surface area contributed by atoms with E-state index in [9.17, 15) is 4.79 Å². The van der Waals surface area contributed by atoms with E-state index in [0.29, 0.717) is 11.6 Å². The van der Waals surface area contributed by atoms with Gasteiger partial charge in [-0.1, -0.05) is 0 Å². The van der Waals surface area contributed by atoms with Crippen molar-refractivity contribution in [3.05, 3.63) is 23.9 Å². The molecule has 20 heavy (non-hydrogen) atoms. The fraction of sp³-hybridized carbons (Fsp3) is 0.600. The van der Waals surface area contributed by atoms with Gasteiger partial charge in [-0.05, 0) is 37.8 Å². The molecule has 0 spiro atoms. The Labute approximate surface area is 119 Å². The normalized spacial score (nSPS) is 20.4. The molecular weight excluding hydrogens is 252 g/mol. The summed E-state index contributed by atoms with van der Waals surface area (Å²) in [6.07, 6.45) is 5.97. The second kappa shape index (κ2) is 5.79. The maximum atomic E-state index is 12.2. The first-order valence-corrected chi connectivity index (χ1v) is 7.50. The standard InChI is InChI=1S/C15H22N4O/c16-13-5-9-18(10-6-13)14-4-3-12(11-17-14)15(20)19-7-1-2-8-19/h3-4,11,13H,1-2,5-10,16H2. The molecule has 5 heteroatoms. The van der Waals surface area contributed by atoms with Crippen molar-refractivity contribution in [2.75, 3.05) is 31.1 Å². The van der Waals surface area contributed by atoms with E-state index in [-0.39, 0.29) is 5.91 Å². The number of hydrogen-bond donors (Lipinski definition) is 1. The molecule has 0 aromatic carbocycles. The van der Waals surface area contributed by atoms with Gasteiger partial charge in [0.2, 0.25) is 0 Å². The monoisotopic (exact) mass is 274 g/mol. The number of rotatable bonds is 2. The van der Waals surface area contributed by atoms with Gasteiger partial charge in [0.15, 0.2) is 0 Å². The zero-order valence-electron chi connectivity index (χ0n) is 11.8. The lowest BCUT2D eigenvalue weighted by molar-refractivity contribution is 0.0792. The molecule has 1 amide bonds. The Hall–Kier alpha value is -1.62. The van der Waals surface area contributed by atoms with E-state index < -0.39 is 0 Å². The van der Waals surface area contributed by atoms with Gasteiger partial charge in [-0.3, -0.25) is 4.79 Å². The molecule has 0 saturated carbocycles.